The van der Waals surface area contributed by atoms with Crippen molar-refractivity contribution in [2.24, 2.45) is 10.7 Å². The summed E-state index contributed by atoms with van der Waals surface area (Å²) in [6.07, 6.45) is 18.3. The van der Waals surface area contributed by atoms with Gasteiger partial charge in [0.25, 0.3) is 0 Å². The molecule has 0 aliphatic heterocycles. The SMILES string of the molecule is C#CC/C=C(/C=C/N=C(N)SC)C/C=C\C. The van der Waals surface area contributed by atoms with Gasteiger partial charge in [-0.05, 0) is 31.2 Å². The first-order valence-electron chi connectivity index (χ1n) is 5.02. The molecule has 0 rings (SSSR count). The van der Waals surface area contributed by atoms with Gasteiger partial charge in [0.05, 0.1) is 0 Å². The fraction of sp³-hybridized carbons (Fsp3) is 0.308. The average molecular weight is 234 g/mol. The van der Waals surface area contributed by atoms with Crippen LogP contribution in [0.15, 0.2) is 41.1 Å². The highest BCUT2D eigenvalue weighted by Gasteiger charge is 1.88. The summed E-state index contributed by atoms with van der Waals surface area (Å²) < 4.78 is 0. The van der Waals surface area contributed by atoms with Gasteiger partial charge in [0, 0.05) is 12.6 Å². The van der Waals surface area contributed by atoms with Crippen LogP contribution in [0.3, 0.4) is 0 Å². The minimum atomic E-state index is 0.554. The maximum absolute atomic E-state index is 5.56. The highest BCUT2D eigenvalue weighted by molar-refractivity contribution is 8.13. The van der Waals surface area contributed by atoms with E-state index in [0.29, 0.717) is 11.6 Å². The van der Waals surface area contributed by atoms with Gasteiger partial charge >= 0.3 is 0 Å². The molecule has 86 valence electrons. The lowest BCUT2D eigenvalue weighted by atomic mass is 10.1. The monoisotopic (exact) mass is 234 g/mol. The third kappa shape index (κ3) is 7.95. The minimum Gasteiger partial charge on any atom is -0.378 e. The molecule has 0 fully saturated rings. The average Bonchev–Trinajstić information content (AvgIpc) is 2.31. The molecule has 0 aromatic carbocycles. The predicted octanol–water partition coefficient (Wildman–Crippen LogP) is 3.09. The lowest BCUT2D eigenvalue weighted by Crippen LogP contribution is -2.03. The maximum Gasteiger partial charge on any atom is 0.158 e. The van der Waals surface area contributed by atoms with Gasteiger partial charge < -0.3 is 5.73 Å². The molecule has 0 aliphatic rings. The van der Waals surface area contributed by atoms with Gasteiger partial charge in [-0.15, -0.1) is 12.3 Å². The molecule has 0 saturated carbocycles. The molecule has 0 aliphatic carbocycles. The molecule has 0 aromatic heterocycles. The summed E-state index contributed by atoms with van der Waals surface area (Å²) in [6.45, 7) is 1.99. The lowest BCUT2D eigenvalue weighted by molar-refractivity contribution is 1.23. The van der Waals surface area contributed by atoms with E-state index in [-0.39, 0.29) is 0 Å². The maximum atomic E-state index is 5.56. The largest absolute Gasteiger partial charge is 0.378 e. The number of allylic oxidation sites excluding steroid dienone is 5. The Kier molecular flexibility index (Phi) is 9.24. The Bertz CT molecular complexity index is 343. The minimum absolute atomic E-state index is 0.554. The summed E-state index contributed by atoms with van der Waals surface area (Å²) in [6, 6.07) is 0. The van der Waals surface area contributed by atoms with Crippen molar-refractivity contribution in [2.75, 3.05) is 6.26 Å². The van der Waals surface area contributed by atoms with E-state index < -0.39 is 0 Å². The molecule has 0 bridgehead atoms. The topological polar surface area (TPSA) is 38.4 Å². The Balaban J connectivity index is 4.48. The Morgan fingerprint density at radius 2 is 2.31 bits per heavy atom. The zero-order valence-corrected chi connectivity index (χ0v) is 10.6. The quantitative estimate of drug-likeness (QED) is 0.261. The second-order valence-corrected chi connectivity index (χ2v) is 3.77. The highest BCUT2D eigenvalue weighted by atomic mass is 32.2. The van der Waals surface area contributed by atoms with Gasteiger partial charge in [0.15, 0.2) is 5.17 Å². The van der Waals surface area contributed by atoms with Crippen LogP contribution in [-0.4, -0.2) is 11.4 Å². The highest BCUT2D eigenvalue weighted by Crippen LogP contribution is 2.06. The number of thioether (sulfide) groups is 1. The van der Waals surface area contributed by atoms with Crippen molar-refractivity contribution in [2.45, 2.75) is 19.8 Å². The van der Waals surface area contributed by atoms with Crippen molar-refractivity contribution in [1.82, 2.24) is 0 Å². The molecule has 0 amide bonds. The van der Waals surface area contributed by atoms with E-state index in [4.69, 9.17) is 12.2 Å². The molecule has 0 saturated heterocycles. The summed E-state index contributed by atoms with van der Waals surface area (Å²) >= 11 is 1.42. The summed E-state index contributed by atoms with van der Waals surface area (Å²) in [5, 5.41) is 0.554. The van der Waals surface area contributed by atoms with Crippen LogP contribution >= 0.6 is 11.8 Å². The Hall–Kier alpha value is -1.40. The van der Waals surface area contributed by atoms with Crippen LogP contribution in [0.4, 0.5) is 0 Å². The van der Waals surface area contributed by atoms with Crippen molar-refractivity contribution in [3.63, 3.8) is 0 Å². The molecule has 0 unspecified atom stereocenters. The molecule has 3 heteroatoms. The summed E-state index contributed by atoms with van der Waals surface area (Å²) in [5.41, 5.74) is 6.70. The summed E-state index contributed by atoms with van der Waals surface area (Å²) in [5.74, 6) is 2.59. The third-order valence-electron chi connectivity index (χ3n) is 1.77. The molecule has 0 radical (unpaired) electrons. The Morgan fingerprint density at radius 3 is 2.88 bits per heavy atom. The van der Waals surface area contributed by atoms with Gasteiger partial charge in [0.1, 0.15) is 0 Å². The summed E-state index contributed by atoms with van der Waals surface area (Å²) in [4.78, 5) is 4.06. The number of nitrogens with zero attached hydrogens (tertiary/aromatic N) is 1. The van der Waals surface area contributed by atoms with Crippen molar-refractivity contribution < 1.29 is 0 Å². The first-order valence-corrected chi connectivity index (χ1v) is 6.24. The molecule has 0 atom stereocenters. The van der Waals surface area contributed by atoms with Crippen LogP contribution in [0, 0.1) is 12.3 Å². The number of aliphatic imine (C=N–C) groups is 1. The summed E-state index contributed by atoms with van der Waals surface area (Å²) in [7, 11) is 0. The van der Waals surface area contributed by atoms with Crippen molar-refractivity contribution >= 4 is 16.9 Å². The third-order valence-corrected chi connectivity index (χ3v) is 2.29. The molecule has 0 aromatic rings. The van der Waals surface area contributed by atoms with E-state index in [2.05, 4.69) is 17.0 Å². The van der Waals surface area contributed by atoms with Gasteiger partial charge in [-0.2, -0.15) is 0 Å². The zero-order chi connectivity index (χ0) is 12.2. The molecule has 0 heterocycles. The zero-order valence-electron chi connectivity index (χ0n) is 9.81. The smallest absolute Gasteiger partial charge is 0.158 e. The first kappa shape index (κ1) is 14.6. The van der Waals surface area contributed by atoms with Gasteiger partial charge in [0.2, 0.25) is 0 Å². The molecule has 16 heavy (non-hydrogen) atoms. The van der Waals surface area contributed by atoms with E-state index in [1.807, 2.05) is 31.4 Å². The van der Waals surface area contributed by atoms with E-state index in [1.54, 1.807) is 6.20 Å². The number of rotatable bonds is 5. The van der Waals surface area contributed by atoms with Gasteiger partial charge in [-0.3, -0.25) is 0 Å². The molecule has 0 spiro atoms. The van der Waals surface area contributed by atoms with E-state index in [1.165, 1.54) is 11.8 Å². The lowest BCUT2D eigenvalue weighted by Gasteiger charge is -1.95. The predicted molar refractivity (Wildman–Crippen MR) is 75.2 cm³/mol. The number of hydrogen-bond acceptors (Lipinski definition) is 2. The molecule has 2 N–H and O–H groups in total. The number of nitrogens with two attached hydrogens (primary N) is 1. The molecule has 2 nitrogen and oxygen atoms in total. The Labute approximate surface area is 102 Å². The number of hydrogen-bond donors (Lipinski definition) is 1. The van der Waals surface area contributed by atoms with Crippen LogP contribution in [-0.2, 0) is 0 Å². The van der Waals surface area contributed by atoms with Crippen LogP contribution in [0.2, 0.25) is 0 Å². The van der Waals surface area contributed by atoms with Crippen LogP contribution in [0.1, 0.15) is 19.8 Å². The number of amidine groups is 1. The van der Waals surface area contributed by atoms with Gasteiger partial charge in [-0.25, -0.2) is 4.99 Å². The molecular formula is C13H18N2S. The van der Waals surface area contributed by atoms with Gasteiger partial charge in [-0.1, -0.05) is 30.0 Å². The van der Waals surface area contributed by atoms with Crippen LogP contribution < -0.4 is 5.73 Å². The fourth-order valence-corrected chi connectivity index (χ4v) is 1.09. The first-order chi connectivity index (χ1) is 7.74. The second-order valence-electron chi connectivity index (χ2n) is 2.95. The van der Waals surface area contributed by atoms with E-state index in [0.717, 1.165) is 12.0 Å². The van der Waals surface area contributed by atoms with Crippen LogP contribution in [0.5, 0.6) is 0 Å². The fourth-order valence-electron chi connectivity index (χ4n) is 0.923. The standard InChI is InChI=1S/C13H18N2S/c1-4-6-8-12(9-7-5-2)10-11-15-13(14)16-3/h1,5,7-8,10-11H,6,9H2,2-3H3,(H2,14,15)/b7-5-,11-10+,12-8+. The van der Waals surface area contributed by atoms with E-state index in [9.17, 15) is 0 Å². The van der Waals surface area contributed by atoms with Crippen molar-refractivity contribution in [3.8, 4) is 12.3 Å². The van der Waals surface area contributed by atoms with Crippen LogP contribution in [0.25, 0.3) is 0 Å². The van der Waals surface area contributed by atoms with E-state index >= 15 is 0 Å². The van der Waals surface area contributed by atoms with Crippen molar-refractivity contribution in [3.05, 3.63) is 36.1 Å². The van der Waals surface area contributed by atoms with Crippen molar-refractivity contribution in [1.29, 1.82) is 0 Å². The second kappa shape index (κ2) is 10.1. The normalized spacial score (nSPS) is 13.6. The Morgan fingerprint density at radius 1 is 1.56 bits per heavy atom. The number of terminal acetylenes is 1. The molecular weight excluding hydrogens is 216 g/mol.